The van der Waals surface area contributed by atoms with E-state index in [9.17, 15) is 0 Å². The Morgan fingerprint density at radius 3 is 2.76 bits per heavy atom. The molecule has 0 radical (unpaired) electrons. The van der Waals surface area contributed by atoms with Crippen LogP contribution in [0.5, 0.6) is 5.75 Å². The summed E-state index contributed by atoms with van der Waals surface area (Å²) in [6, 6.07) is 19.3. The highest BCUT2D eigenvalue weighted by Crippen LogP contribution is 2.38. The highest BCUT2D eigenvalue weighted by Gasteiger charge is 2.36. The van der Waals surface area contributed by atoms with Crippen LogP contribution in [0.2, 0.25) is 0 Å². The molecule has 0 bridgehead atoms. The molecular formula is C26H25N2O+. The Balaban J connectivity index is 1.69. The maximum absolute atomic E-state index is 6.29. The summed E-state index contributed by atoms with van der Waals surface area (Å²) in [6.07, 6.45) is 5.03. The van der Waals surface area contributed by atoms with E-state index < -0.39 is 0 Å². The minimum Gasteiger partial charge on any atom is -0.493 e. The van der Waals surface area contributed by atoms with Gasteiger partial charge in [0.05, 0.1) is 12.2 Å². The van der Waals surface area contributed by atoms with Gasteiger partial charge in [0.25, 0.3) is 0 Å². The number of pyridine rings is 1. The first kappa shape index (κ1) is 17.9. The zero-order chi connectivity index (χ0) is 20.0. The molecule has 0 fully saturated rings. The SMILES string of the molecule is C=C1C2N=Cc3cc(C)ccc3C2CCOc2ccccc2-c2cc(C)cc[n+]21. The minimum atomic E-state index is -0.00877. The molecule has 5 rings (SSSR count). The van der Waals surface area contributed by atoms with E-state index in [1.807, 2.05) is 12.3 Å². The Labute approximate surface area is 172 Å². The molecule has 2 aliphatic heterocycles. The highest BCUT2D eigenvalue weighted by molar-refractivity contribution is 5.85. The van der Waals surface area contributed by atoms with Crippen LogP contribution >= 0.6 is 0 Å². The van der Waals surface area contributed by atoms with Crippen molar-refractivity contribution in [1.82, 2.24) is 0 Å². The van der Waals surface area contributed by atoms with Crippen LogP contribution in [0.25, 0.3) is 17.0 Å². The number of aromatic nitrogens is 1. The molecule has 0 N–H and O–H groups in total. The van der Waals surface area contributed by atoms with Gasteiger partial charge in [-0.15, -0.1) is 0 Å². The number of aliphatic imine (C=N–C) groups is 1. The number of ether oxygens (including phenoxy) is 1. The van der Waals surface area contributed by atoms with E-state index in [2.05, 4.69) is 79.7 Å². The fraction of sp³-hybridized carbons (Fsp3) is 0.231. The van der Waals surface area contributed by atoms with Crippen molar-refractivity contribution >= 4 is 11.9 Å². The molecule has 0 spiro atoms. The first-order valence-corrected chi connectivity index (χ1v) is 10.2. The molecule has 3 heteroatoms. The fourth-order valence-corrected chi connectivity index (χ4v) is 4.52. The van der Waals surface area contributed by atoms with Gasteiger partial charge in [-0.3, -0.25) is 4.99 Å². The van der Waals surface area contributed by atoms with Crippen molar-refractivity contribution in [3.05, 3.63) is 89.6 Å². The Morgan fingerprint density at radius 2 is 1.86 bits per heavy atom. The minimum absolute atomic E-state index is 0.00877. The van der Waals surface area contributed by atoms with Crippen molar-refractivity contribution in [2.75, 3.05) is 6.61 Å². The van der Waals surface area contributed by atoms with Gasteiger partial charge in [0.1, 0.15) is 11.8 Å². The number of para-hydroxylation sites is 1. The summed E-state index contributed by atoms with van der Waals surface area (Å²) in [5.74, 6) is 1.16. The molecule has 29 heavy (non-hydrogen) atoms. The number of rotatable bonds is 0. The smallest absolute Gasteiger partial charge is 0.222 e. The second kappa shape index (κ2) is 7.00. The van der Waals surface area contributed by atoms with Gasteiger partial charge >= 0.3 is 0 Å². The molecule has 3 nitrogen and oxygen atoms in total. The maximum atomic E-state index is 6.29. The lowest BCUT2D eigenvalue weighted by molar-refractivity contribution is -0.572. The third-order valence-corrected chi connectivity index (χ3v) is 6.01. The normalized spacial score (nSPS) is 20.0. The fourth-order valence-electron chi connectivity index (χ4n) is 4.52. The molecule has 2 aliphatic rings. The largest absolute Gasteiger partial charge is 0.493 e. The van der Waals surface area contributed by atoms with Crippen LogP contribution in [0, 0.1) is 13.8 Å². The first-order valence-electron chi connectivity index (χ1n) is 10.2. The molecule has 0 saturated carbocycles. The van der Waals surface area contributed by atoms with Gasteiger partial charge in [0.2, 0.25) is 11.4 Å². The van der Waals surface area contributed by atoms with Gasteiger partial charge in [-0.25, -0.2) is 0 Å². The quantitative estimate of drug-likeness (QED) is 0.498. The predicted octanol–water partition coefficient (Wildman–Crippen LogP) is 5.10. The summed E-state index contributed by atoms with van der Waals surface area (Å²) in [4.78, 5) is 4.97. The second-order valence-electron chi connectivity index (χ2n) is 8.05. The van der Waals surface area contributed by atoms with E-state index in [0.29, 0.717) is 6.61 Å². The monoisotopic (exact) mass is 381 g/mol. The van der Waals surface area contributed by atoms with Crippen LogP contribution in [-0.2, 0) is 0 Å². The van der Waals surface area contributed by atoms with Crippen molar-refractivity contribution in [2.45, 2.75) is 32.2 Å². The number of aryl methyl sites for hydroxylation is 2. The Morgan fingerprint density at radius 1 is 1.03 bits per heavy atom. The van der Waals surface area contributed by atoms with Crippen LogP contribution in [-0.4, -0.2) is 18.9 Å². The molecule has 2 unspecified atom stereocenters. The van der Waals surface area contributed by atoms with E-state index in [0.717, 1.165) is 29.1 Å². The van der Waals surface area contributed by atoms with Crippen molar-refractivity contribution < 1.29 is 9.30 Å². The third-order valence-electron chi connectivity index (χ3n) is 6.01. The Kier molecular flexibility index (Phi) is 4.31. The lowest BCUT2D eigenvalue weighted by Crippen LogP contribution is -2.42. The number of hydrogen-bond donors (Lipinski definition) is 0. The van der Waals surface area contributed by atoms with Crippen LogP contribution in [0.1, 0.15) is 34.6 Å². The first-order chi connectivity index (χ1) is 14.1. The Hall–Kier alpha value is -3.20. The predicted molar refractivity (Wildman–Crippen MR) is 118 cm³/mol. The van der Waals surface area contributed by atoms with E-state index >= 15 is 0 Å². The number of hydrogen-bond acceptors (Lipinski definition) is 2. The average molecular weight is 381 g/mol. The summed E-state index contributed by atoms with van der Waals surface area (Å²) in [5, 5.41) is 0. The zero-order valence-corrected chi connectivity index (χ0v) is 16.9. The molecule has 1 aromatic heterocycles. The lowest BCUT2D eigenvalue weighted by atomic mass is 9.82. The van der Waals surface area contributed by atoms with E-state index in [1.54, 1.807) is 0 Å². The number of benzene rings is 2. The topological polar surface area (TPSA) is 25.5 Å². The molecule has 144 valence electrons. The van der Waals surface area contributed by atoms with Crippen LogP contribution in [0.3, 0.4) is 0 Å². The molecule has 3 aromatic rings. The van der Waals surface area contributed by atoms with E-state index in [1.165, 1.54) is 22.3 Å². The van der Waals surface area contributed by atoms with Crippen molar-refractivity contribution in [2.24, 2.45) is 4.99 Å². The summed E-state index contributed by atoms with van der Waals surface area (Å²) in [7, 11) is 0. The standard InChI is InChI=1S/C26H25N2O/c1-17-8-9-21-20(14-17)16-27-26-19(3)28-12-10-18(2)15-24(28)23-6-4-5-7-25(23)29-13-11-22(21)26/h4-10,12,14-16,22,26H,3,11,13H2,1-2H3/q+1. The van der Waals surface area contributed by atoms with E-state index in [-0.39, 0.29) is 12.0 Å². The van der Waals surface area contributed by atoms with Gasteiger partial charge in [-0.05, 0) is 55.7 Å². The van der Waals surface area contributed by atoms with E-state index in [4.69, 9.17) is 9.73 Å². The second-order valence-corrected chi connectivity index (χ2v) is 8.05. The molecule has 0 saturated heterocycles. The highest BCUT2D eigenvalue weighted by atomic mass is 16.5. The zero-order valence-electron chi connectivity index (χ0n) is 16.9. The average Bonchev–Trinajstić information content (AvgIpc) is 2.73. The maximum Gasteiger partial charge on any atom is 0.222 e. The molecule has 0 aliphatic carbocycles. The summed E-state index contributed by atoms with van der Waals surface area (Å²) in [5.41, 5.74) is 8.20. The van der Waals surface area contributed by atoms with Crippen LogP contribution in [0.15, 0.2) is 72.4 Å². The van der Waals surface area contributed by atoms with Gasteiger partial charge in [-0.1, -0.05) is 35.9 Å². The van der Waals surface area contributed by atoms with Gasteiger partial charge < -0.3 is 4.74 Å². The molecule has 0 amide bonds. The van der Waals surface area contributed by atoms with Crippen LogP contribution in [0.4, 0.5) is 0 Å². The van der Waals surface area contributed by atoms with Gasteiger partial charge in [0, 0.05) is 24.3 Å². The van der Waals surface area contributed by atoms with Crippen molar-refractivity contribution in [3.63, 3.8) is 0 Å². The van der Waals surface area contributed by atoms with Gasteiger partial charge in [-0.2, -0.15) is 4.57 Å². The van der Waals surface area contributed by atoms with Crippen molar-refractivity contribution in [3.8, 4) is 17.0 Å². The molecule has 2 aromatic carbocycles. The molecular weight excluding hydrogens is 356 g/mol. The number of fused-ring (bicyclic) bond motifs is 6. The third kappa shape index (κ3) is 3.07. The molecule has 3 heterocycles. The van der Waals surface area contributed by atoms with Crippen LogP contribution < -0.4 is 9.30 Å². The number of nitrogens with zero attached hydrogens (tertiary/aromatic N) is 2. The molecule has 2 atom stereocenters. The van der Waals surface area contributed by atoms with Crippen molar-refractivity contribution in [1.29, 1.82) is 0 Å². The summed E-state index contributed by atoms with van der Waals surface area (Å²) >= 11 is 0. The lowest BCUT2D eigenvalue weighted by Gasteiger charge is -2.29. The summed E-state index contributed by atoms with van der Waals surface area (Å²) in [6.45, 7) is 9.41. The Bertz CT molecular complexity index is 1150. The summed E-state index contributed by atoms with van der Waals surface area (Å²) < 4.78 is 8.48. The van der Waals surface area contributed by atoms with Gasteiger partial charge in [0.15, 0.2) is 6.20 Å².